The molecule has 5 rings (SSSR count). The Kier molecular flexibility index (Phi) is 6.92. The van der Waals surface area contributed by atoms with Gasteiger partial charge in [0, 0.05) is 62.0 Å². The Bertz CT molecular complexity index is 1450. The maximum Gasteiger partial charge on any atom is 0.291 e. The van der Waals surface area contributed by atoms with Crippen LogP contribution >= 0.6 is 0 Å². The number of rotatable bonds is 7. The van der Waals surface area contributed by atoms with Crippen LogP contribution < -0.4 is 15.2 Å². The maximum atomic E-state index is 13.5. The third-order valence-corrected chi connectivity index (χ3v) is 7.58. The first-order valence-corrected chi connectivity index (χ1v) is 13.0. The van der Waals surface area contributed by atoms with Crippen LogP contribution in [0.25, 0.3) is 27.5 Å². The lowest BCUT2D eigenvalue weighted by Gasteiger charge is -2.42. The average molecular weight is 504 g/mol. The van der Waals surface area contributed by atoms with Crippen molar-refractivity contribution in [3.63, 3.8) is 0 Å². The van der Waals surface area contributed by atoms with E-state index in [0.717, 1.165) is 59.3 Å². The van der Waals surface area contributed by atoms with E-state index >= 15 is 0 Å². The number of nitrogens with zero attached hydrogens (tertiary/aromatic N) is 7. The van der Waals surface area contributed by atoms with Gasteiger partial charge in [-0.1, -0.05) is 6.07 Å². The van der Waals surface area contributed by atoms with Gasteiger partial charge < -0.3 is 14.5 Å². The van der Waals surface area contributed by atoms with Crippen molar-refractivity contribution in [1.82, 2.24) is 29.0 Å². The number of pyridine rings is 1. The standard InChI is InChI=1S/C28H37N7O2/c1-19-16-34(17-20(2)32(19)5)27-26-23-14-21(8-10-24(23)30-18-35(26)33(6)28(27)36)22-9-11-25(29-15-22)37-13-7-12-31(3)4/h8-11,14-15,18-20H,7,12-13,16-17H2,1-6H3/t19-,20+. The van der Waals surface area contributed by atoms with Gasteiger partial charge in [-0.15, -0.1) is 0 Å². The van der Waals surface area contributed by atoms with E-state index < -0.39 is 0 Å². The molecule has 4 heterocycles. The predicted molar refractivity (Wildman–Crippen MR) is 149 cm³/mol. The highest BCUT2D eigenvalue weighted by molar-refractivity contribution is 6.02. The molecule has 4 aromatic rings. The molecule has 196 valence electrons. The van der Waals surface area contributed by atoms with Gasteiger partial charge in [-0.05, 0) is 65.2 Å². The van der Waals surface area contributed by atoms with Crippen molar-refractivity contribution in [1.29, 1.82) is 0 Å². The lowest BCUT2D eigenvalue weighted by Crippen LogP contribution is -2.55. The van der Waals surface area contributed by atoms with Gasteiger partial charge in [0.2, 0.25) is 5.88 Å². The van der Waals surface area contributed by atoms with E-state index in [1.165, 1.54) is 0 Å². The molecule has 9 nitrogen and oxygen atoms in total. The number of benzene rings is 1. The SMILES string of the molecule is C[C@@H]1CN(c2c(=O)n(C)n3cnc4ccc(-c5ccc(OCCCN(C)C)nc5)cc4c23)C[C@H](C)N1C. The average Bonchev–Trinajstić information content (AvgIpc) is 3.15. The molecule has 1 aliphatic heterocycles. The molecule has 1 saturated heterocycles. The second kappa shape index (κ2) is 10.1. The first-order valence-electron chi connectivity index (χ1n) is 13.0. The molecule has 1 fully saturated rings. The Hall–Kier alpha value is -3.43. The van der Waals surface area contributed by atoms with E-state index in [1.807, 2.05) is 28.9 Å². The fourth-order valence-corrected chi connectivity index (χ4v) is 5.20. The molecule has 0 radical (unpaired) electrons. The van der Waals surface area contributed by atoms with Crippen LogP contribution in [0.4, 0.5) is 5.69 Å². The number of aryl methyl sites for hydroxylation is 1. The zero-order valence-corrected chi connectivity index (χ0v) is 22.7. The highest BCUT2D eigenvalue weighted by atomic mass is 16.5. The van der Waals surface area contributed by atoms with E-state index in [-0.39, 0.29) is 5.56 Å². The number of hydrogen-bond donors (Lipinski definition) is 0. The largest absolute Gasteiger partial charge is 0.478 e. The Morgan fingerprint density at radius 3 is 2.43 bits per heavy atom. The maximum absolute atomic E-state index is 13.5. The van der Waals surface area contributed by atoms with Gasteiger partial charge in [0.05, 0.1) is 12.1 Å². The van der Waals surface area contributed by atoms with E-state index in [9.17, 15) is 4.79 Å². The van der Waals surface area contributed by atoms with Crippen molar-refractivity contribution in [2.75, 3.05) is 52.3 Å². The fourth-order valence-electron chi connectivity index (χ4n) is 5.20. The zero-order valence-electron chi connectivity index (χ0n) is 22.7. The van der Waals surface area contributed by atoms with E-state index in [0.29, 0.717) is 24.6 Å². The summed E-state index contributed by atoms with van der Waals surface area (Å²) in [5.41, 5.74) is 4.53. The number of anilines is 1. The number of fused-ring (bicyclic) bond motifs is 3. The predicted octanol–water partition coefficient (Wildman–Crippen LogP) is 3.11. The molecule has 1 aliphatic rings. The summed E-state index contributed by atoms with van der Waals surface area (Å²) in [5.74, 6) is 0.627. The van der Waals surface area contributed by atoms with Crippen molar-refractivity contribution in [2.45, 2.75) is 32.4 Å². The molecule has 9 heteroatoms. The molecule has 2 atom stereocenters. The molecule has 0 amide bonds. The van der Waals surface area contributed by atoms with Crippen LogP contribution in [0.1, 0.15) is 20.3 Å². The molecule has 3 aromatic heterocycles. The smallest absolute Gasteiger partial charge is 0.291 e. The third-order valence-electron chi connectivity index (χ3n) is 7.58. The van der Waals surface area contributed by atoms with Crippen LogP contribution in [0.15, 0.2) is 47.7 Å². The lowest BCUT2D eigenvalue weighted by molar-refractivity contribution is 0.170. The molecular weight excluding hydrogens is 466 g/mol. The topological polar surface area (TPSA) is 71.1 Å². The Morgan fingerprint density at radius 2 is 1.76 bits per heavy atom. The molecule has 0 saturated carbocycles. The Labute approximate surface area is 217 Å². The van der Waals surface area contributed by atoms with Crippen molar-refractivity contribution in [3.8, 4) is 17.0 Å². The van der Waals surface area contributed by atoms with Crippen LogP contribution in [-0.4, -0.2) is 88.4 Å². The summed E-state index contributed by atoms with van der Waals surface area (Å²) in [6.07, 6.45) is 4.54. The molecule has 0 aliphatic carbocycles. The van der Waals surface area contributed by atoms with E-state index in [4.69, 9.17) is 4.74 Å². The third kappa shape index (κ3) is 4.81. The van der Waals surface area contributed by atoms with Gasteiger partial charge in [-0.3, -0.25) is 9.69 Å². The second-order valence-electron chi connectivity index (χ2n) is 10.5. The highest BCUT2D eigenvalue weighted by Gasteiger charge is 2.31. The number of ether oxygens (including phenoxy) is 1. The lowest BCUT2D eigenvalue weighted by atomic mass is 10.0. The second-order valence-corrected chi connectivity index (χ2v) is 10.5. The Balaban J connectivity index is 1.52. The van der Waals surface area contributed by atoms with Crippen LogP contribution in [0.3, 0.4) is 0 Å². The molecule has 1 aromatic carbocycles. The zero-order chi connectivity index (χ0) is 26.3. The van der Waals surface area contributed by atoms with Gasteiger partial charge in [0.25, 0.3) is 5.56 Å². The number of piperazine rings is 1. The molecule has 0 N–H and O–H groups in total. The summed E-state index contributed by atoms with van der Waals surface area (Å²) >= 11 is 0. The summed E-state index contributed by atoms with van der Waals surface area (Å²) in [7, 11) is 8.07. The molecule has 0 spiro atoms. The number of hydrogen-bond acceptors (Lipinski definition) is 7. The summed E-state index contributed by atoms with van der Waals surface area (Å²) < 4.78 is 9.33. The van der Waals surface area contributed by atoms with Crippen molar-refractivity contribution >= 4 is 22.1 Å². The van der Waals surface area contributed by atoms with Gasteiger partial charge in [0.1, 0.15) is 17.5 Å². The first-order chi connectivity index (χ1) is 17.7. The summed E-state index contributed by atoms with van der Waals surface area (Å²) in [6.45, 7) is 7.66. The Morgan fingerprint density at radius 1 is 1.03 bits per heavy atom. The van der Waals surface area contributed by atoms with Gasteiger partial charge >= 0.3 is 0 Å². The van der Waals surface area contributed by atoms with Crippen LogP contribution in [0.5, 0.6) is 5.88 Å². The quantitative estimate of drug-likeness (QED) is 0.359. The van der Waals surface area contributed by atoms with Gasteiger partial charge in [0.15, 0.2) is 0 Å². The van der Waals surface area contributed by atoms with E-state index in [1.54, 1.807) is 18.1 Å². The van der Waals surface area contributed by atoms with Gasteiger partial charge in [-0.2, -0.15) is 0 Å². The minimum atomic E-state index is 0.00101. The molecule has 37 heavy (non-hydrogen) atoms. The first kappa shape index (κ1) is 25.2. The van der Waals surface area contributed by atoms with Crippen LogP contribution in [0, 0.1) is 0 Å². The van der Waals surface area contributed by atoms with Crippen LogP contribution in [0.2, 0.25) is 0 Å². The minimum absolute atomic E-state index is 0.00101. The number of likely N-dealkylation sites (N-methyl/N-ethyl adjacent to an activating group) is 1. The summed E-state index contributed by atoms with van der Waals surface area (Å²) in [6, 6.07) is 10.8. The summed E-state index contributed by atoms with van der Waals surface area (Å²) in [5, 5.41) is 0.955. The van der Waals surface area contributed by atoms with Crippen molar-refractivity contribution in [3.05, 3.63) is 53.2 Å². The number of aromatic nitrogens is 4. The molecule has 0 bridgehead atoms. The van der Waals surface area contributed by atoms with Crippen LogP contribution in [-0.2, 0) is 7.05 Å². The summed E-state index contributed by atoms with van der Waals surface area (Å²) in [4.78, 5) is 29.4. The van der Waals surface area contributed by atoms with Gasteiger partial charge in [-0.25, -0.2) is 19.2 Å². The fraction of sp³-hybridized carbons (Fsp3) is 0.464. The van der Waals surface area contributed by atoms with Crippen molar-refractivity contribution in [2.24, 2.45) is 7.05 Å². The normalized spacial score (nSPS) is 18.8. The van der Waals surface area contributed by atoms with E-state index in [2.05, 4.69) is 71.8 Å². The highest BCUT2D eigenvalue weighted by Crippen LogP contribution is 2.31. The minimum Gasteiger partial charge on any atom is -0.478 e. The monoisotopic (exact) mass is 503 g/mol. The van der Waals surface area contributed by atoms with Crippen molar-refractivity contribution < 1.29 is 4.74 Å². The molecular formula is C28H37N7O2. The molecule has 0 unspecified atom stereocenters.